The summed E-state index contributed by atoms with van der Waals surface area (Å²) in [6.07, 6.45) is 0. The summed E-state index contributed by atoms with van der Waals surface area (Å²) in [4.78, 5) is 0. The quantitative estimate of drug-likeness (QED) is 0.0752. The largest absolute Gasteiger partial charge is 0.111 e. The molecule has 0 aliphatic rings. The van der Waals surface area contributed by atoms with Crippen molar-refractivity contribution in [2.45, 2.75) is 11.2 Å². The SMILES string of the molecule is CC(Cl)Br.c1ccc(P(c2ccccc2)c2ccc3ccccc3c2-c2c(P(c3ccccc3)c3ccccc3)ccc3ccccc23)cc1.c1ccc(P(c2ccccc2)c2ccc3ccccc3c2-c2c(P(c3ccccc3)c3ccccc3)ccc3ccccc23)cc1. The van der Waals surface area contributed by atoms with E-state index in [1.54, 1.807) is 0 Å². The fraction of sp³-hybridized carbons (Fsp3) is 0.0222. The molecule has 0 aliphatic heterocycles. The van der Waals surface area contributed by atoms with Gasteiger partial charge in [-0.2, -0.15) is 0 Å². The summed E-state index contributed by atoms with van der Waals surface area (Å²) >= 11 is 8.23. The Morgan fingerprint density at radius 2 is 0.333 bits per heavy atom. The summed E-state index contributed by atoms with van der Waals surface area (Å²) in [7, 11) is -3.41. The van der Waals surface area contributed by atoms with Crippen LogP contribution in [0.2, 0.25) is 0 Å². The predicted octanol–water partition coefficient (Wildman–Crippen LogP) is 20.3. The van der Waals surface area contributed by atoms with Crippen LogP contribution in [-0.2, 0) is 0 Å². The highest BCUT2D eigenvalue weighted by Gasteiger charge is 2.30. The fourth-order valence-electron chi connectivity index (χ4n) is 13.2. The van der Waals surface area contributed by atoms with E-state index in [9.17, 15) is 0 Å². The van der Waals surface area contributed by atoms with Gasteiger partial charge in [-0.15, -0.1) is 11.6 Å². The molecule has 0 fully saturated rings. The Labute approximate surface area is 583 Å². The Kier molecular flexibility index (Phi) is 20.7. The van der Waals surface area contributed by atoms with Gasteiger partial charge in [-0.3, -0.25) is 0 Å². The molecule has 1 atom stereocenters. The van der Waals surface area contributed by atoms with Crippen molar-refractivity contribution in [3.8, 4) is 22.3 Å². The first-order valence-electron chi connectivity index (χ1n) is 32.4. The number of hydrogen-bond acceptors (Lipinski definition) is 0. The van der Waals surface area contributed by atoms with Crippen LogP contribution in [0.1, 0.15) is 6.92 Å². The molecule has 0 heterocycles. The Morgan fingerprint density at radius 1 is 0.198 bits per heavy atom. The highest BCUT2D eigenvalue weighted by molar-refractivity contribution is 9.10. The van der Waals surface area contributed by atoms with Crippen LogP contribution in [0.5, 0.6) is 0 Å². The van der Waals surface area contributed by atoms with Crippen LogP contribution in [-0.4, -0.2) is 4.29 Å². The van der Waals surface area contributed by atoms with Crippen LogP contribution < -0.4 is 63.7 Å². The number of hydrogen-bond donors (Lipinski definition) is 0. The highest BCUT2D eigenvalue weighted by atomic mass is 79.9. The molecule has 0 bridgehead atoms. The second kappa shape index (κ2) is 30.8. The Morgan fingerprint density at radius 3 is 0.490 bits per heavy atom. The highest BCUT2D eigenvalue weighted by Crippen LogP contribution is 2.48. The normalized spacial score (nSPS) is 11.6. The molecule has 6 heteroatoms. The monoisotopic (exact) mass is 1390 g/mol. The molecule has 16 aromatic carbocycles. The number of halogens is 2. The van der Waals surface area contributed by atoms with E-state index >= 15 is 0 Å². The summed E-state index contributed by atoms with van der Waals surface area (Å²) < 4.78 is 0.118. The van der Waals surface area contributed by atoms with Gasteiger partial charge in [0.05, 0.1) is 4.29 Å². The predicted molar refractivity (Wildman–Crippen MR) is 433 cm³/mol. The molecular weight excluding hydrogens is 1320 g/mol. The van der Waals surface area contributed by atoms with Gasteiger partial charge in [0.15, 0.2) is 0 Å². The van der Waals surface area contributed by atoms with Gasteiger partial charge in [0, 0.05) is 0 Å². The molecule has 0 N–H and O–H groups in total. The molecule has 16 aromatic rings. The lowest BCUT2D eigenvalue weighted by Crippen LogP contribution is -2.26. The minimum atomic E-state index is -0.852. The zero-order valence-electron chi connectivity index (χ0n) is 53.1. The van der Waals surface area contributed by atoms with Gasteiger partial charge in [0.2, 0.25) is 0 Å². The summed E-state index contributed by atoms with van der Waals surface area (Å²) in [5, 5.41) is 26.7. The lowest BCUT2D eigenvalue weighted by Gasteiger charge is -2.28. The summed E-state index contributed by atoms with van der Waals surface area (Å²) in [5.74, 6) is 0. The second-order valence-electron chi connectivity index (χ2n) is 23.3. The molecule has 0 aliphatic carbocycles. The molecule has 0 saturated carbocycles. The van der Waals surface area contributed by atoms with E-state index in [4.69, 9.17) is 11.6 Å². The molecule has 0 nitrogen and oxygen atoms in total. The summed E-state index contributed by atoms with van der Waals surface area (Å²) in [6, 6.07) is 144. The van der Waals surface area contributed by atoms with Crippen molar-refractivity contribution in [3.63, 3.8) is 0 Å². The Hall–Kier alpha value is -8.95. The average Bonchev–Trinajstić information content (AvgIpc) is 0.742. The maximum atomic E-state index is 5.19. The van der Waals surface area contributed by atoms with E-state index in [0.29, 0.717) is 0 Å². The standard InChI is InChI=1S/2C44H32P2.C2H4BrCl/c2*1-5-19-35(20-6-1)45(36-21-7-2-8-22-36)41-31-29-33-17-13-15-27-39(33)43(41)44-40-28-16-14-18-34(40)30-32-42(44)46(37-23-9-3-10-24-37)38-25-11-4-12-26-38;1-2(3)4/h2*1-32H;2H,1H3. The molecule has 16 rings (SSSR count). The van der Waals surface area contributed by atoms with Gasteiger partial charge in [-0.25, -0.2) is 0 Å². The molecule has 462 valence electrons. The summed E-state index contributed by atoms with van der Waals surface area (Å²) in [5.41, 5.74) is 5.40. The van der Waals surface area contributed by atoms with Gasteiger partial charge >= 0.3 is 0 Å². The van der Waals surface area contributed by atoms with E-state index in [2.05, 4.69) is 404 Å². The van der Waals surface area contributed by atoms with Gasteiger partial charge in [0.1, 0.15) is 0 Å². The van der Waals surface area contributed by atoms with Crippen molar-refractivity contribution < 1.29 is 0 Å². The maximum absolute atomic E-state index is 5.19. The van der Waals surface area contributed by atoms with Crippen molar-refractivity contribution in [2.24, 2.45) is 0 Å². The molecule has 1 unspecified atom stereocenters. The van der Waals surface area contributed by atoms with Gasteiger partial charge in [-0.1, -0.05) is 404 Å². The zero-order chi connectivity index (χ0) is 65.0. The van der Waals surface area contributed by atoms with Crippen LogP contribution in [0, 0.1) is 0 Å². The first kappa shape index (κ1) is 64.4. The van der Waals surface area contributed by atoms with Gasteiger partial charge in [0.25, 0.3) is 0 Å². The molecule has 0 radical (unpaired) electrons. The number of rotatable bonds is 14. The van der Waals surface area contributed by atoms with Crippen molar-refractivity contribution in [1.82, 2.24) is 0 Å². The molecule has 0 saturated heterocycles. The molecular formula is C90H68BrClP4. The van der Waals surface area contributed by atoms with Crippen LogP contribution in [0.4, 0.5) is 0 Å². The van der Waals surface area contributed by atoms with Crippen molar-refractivity contribution in [2.75, 3.05) is 0 Å². The first-order chi connectivity index (χ1) is 47.5. The van der Waals surface area contributed by atoms with Gasteiger partial charge < -0.3 is 0 Å². The van der Waals surface area contributed by atoms with Crippen LogP contribution >= 0.6 is 59.2 Å². The smallest absolute Gasteiger partial charge is 0.0858 e. The van der Waals surface area contributed by atoms with E-state index in [1.165, 1.54) is 129 Å². The van der Waals surface area contributed by atoms with Gasteiger partial charge in [-0.05, 0) is 168 Å². The molecule has 96 heavy (non-hydrogen) atoms. The van der Waals surface area contributed by atoms with E-state index in [-0.39, 0.29) is 4.29 Å². The third-order valence-corrected chi connectivity index (χ3v) is 27.1. The third kappa shape index (κ3) is 14.0. The van der Waals surface area contributed by atoms with Crippen molar-refractivity contribution in [1.29, 1.82) is 0 Å². The van der Waals surface area contributed by atoms with Crippen molar-refractivity contribution >= 4 is 166 Å². The number of fused-ring (bicyclic) bond motifs is 4. The van der Waals surface area contributed by atoms with E-state index in [0.717, 1.165) is 0 Å². The zero-order valence-corrected chi connectivity index (χ0v) is 59.0. The lowest BCUT2D eigenvalue weighted by atomic mass is 9.93. The Balaban J connectivity index is 0.000000156. The Bertz CT molecular complexity index is 4400. The minimum absolute atomic E-state index is 0.118. The average molecular weight is 1390 g/mol. The van der Waals surface area contributed by atoms with Crippen LogP contribution in [0.15, 0.2) is 388 Å². The third-order valence-electron chi connectivity index (χ3n) is 17.2. The second-order valence-corrected chi connectivity index (χ2v) is 34.6. The maximum Gasteiger partial charge on any atom is 0.0858 e. The van der Waals surface area contributed by atoms with Crippen molar-refractivity contribution in [3.05, 3.63) is 388 Å². The molecule has 0 aromatic heterocycles. The van der Waals surface area contributed by atoms with Crippen LogP contribution in [0.25, 0.3) is 65.3 Å². The number of alkyl halides is 2. The minimum Gasteiger partial charge on any atom is -0.111 e. The van der Waals surface area contributed by atoms with E-state index < -0.39 is 31.7 Å². The fourth-order valence-corrected chi connectivity index (χ4v) is 23.1. The molecule has 0 spiro atoms. The lowest BCUT2D eigenvalue weighted by molar-refractivity contribution is 1.44. The van der Waals surface area contributed by atoms with Crippen LogP contribution in [0.3, 0.4) is 0 Å². The number of benzene rings is 16. The molecule has 0 amide bonds. The summed E-state index contributed by atoms with van der Waals surface area (Å²) in [6.45, 7) is 1.85. The van der Waals surface area contributed by atoms with E-state index in [1.807, 2.05) is 6.92 Å². The first-order valence-corrected chi connectivity index (χ1v) is 39.2. The topological polar surface area (TPSA) is 0 Å².